The van der Waals surface area contributed by atoms with Crippen LogP contribution in [0.2, 0.25) is 0 Å². The summed E-state index contributed by atoms with van der Waals surface area (Å²) in [5.74, 6) is 3.02. The summed E-state index contributed by atoms with van der Waals surface area (Å²) in [6.45, 7) is 4.97. The van der Waals surface area contributed by atoms with Crippen molar-refractivity contribution in [1.82, 2.24) is 5.32 Å². The molecule has 0 aromatic rings. The zero-order chi connectivity index (χ0) is 11.7. The summed E-state index contributed by atoms with van der Waals surface area (Å²) in [5.41, 5.74) is 1.29. The van der Waals surface area contributed by atoms with Crippen molar-refractivity contribution < 1.29 is 0 Å². The van der Waals surface area contributed by atoms with Crippen molar-refractivity contribution in [2.45, 2.75) is 76.8 Å². The van der Waals surface area contributed by atoms with E-state index in [1.807, 2.05) is 0 Å². The van der Waals surface area contributed by atoms with Crippen LogP contribution in [0.3, 0.4) is 0 Å². The zero-order valence-electron chi connectivity index (χ0n) is 11.5. The van der Waals surface area contributed by atoms with E-state index in [1.54, 1.807) is 19.3 Å². The van der Waals surface area contributed by atoms with Gasteiger partial charge in [0.15, 0.2) is 0 Å². The molecule has 5 fully saturated rings. The van der Waals surface area contributed by atoms with E-state index >= 15 is 0 Å². The number of hydrogen-bond donors (Lipinski definition) is 1. The monoisotopic (exact) mass is 233 g/mol. The Balaban J connectivity index is 1.65. The van der Waals surface area contributed by atoms with Crippen LogP contribution < -0.4 is 5.32 Å². The van der Waals surface area contributed by atoms with Crippen LogP contribution >= 0.6 is 0 Å². The van der Waals surface area contributed by atoms with Gasteiger partial charge in [0.25, 0.3) is 0 Å². The van der Waals surface area contributed by atoms with Gasteiger partial charge in [-0.3, -0.25) is 0 Å². The maximum absolute atomic E-state index is 4.08. The van der Waals surface area contributed by atoms with Crippen molar-refractivity contribution >= 4 is 0 Å². The van der Waals surface area contributed by atoms with Gasteiger partial charge in [0.1, 0.15) is 0 Å². The first-order chi connectivity index (χ1) is 8.09. The number of hydrogen-bond acceptors (Lipinski definition) is 1. The molecular formula is C16H27N. The quantitative estimate of drug-likeness (QED) is 0.783. The molecule has 0 amide bonds. The first-order valence-corrected chi connectivity index (χ1v) is 7.87. The number of nitrogens with one attached hydrogen (secondary N) is 1. The summed E-state index contributed by atoms with van der Waals surface area (Å²) >= 11 is 0. The molecule has 2 unspecified atom stereocenters. The fourth-order valence-corrected chi connectivity index (χ4v) is 5.84. The van der Waals surface area contributed by atoms with E-state index in [4.69, 9.17) is 0 Å². The highest BCUT2D eigenvalue weighted by atomic mass is 15.1. The highest BCUT2D eigenvalue weighted by molar-refractivity contribution is 5.13. The Labute approximate surface area is 106 Å². The van der Waals surface area contributed by atoms with Crippen molar-refractivity contribution in [1.29, 1.82) is 0 Å². The van der Waals surface area contributed by atoms with Crippen molar-refractivity contribution in [3.63, 3.8) is 0 Å². The predicted octanol–water partition coefficient (Wildman–Crippen LogP) is 3.73. The first-order valence-electron chi connectivity index (χ1n) is 7.87. The van der Waals surface area contributed by atoms with Gasteiger partial charge in [0.05, 0.1) is 0 Å². The molecule has 2 atom stereocenters. The van der Waals surface area contributed by atoms with Gasteiger partial charge in [0, 0.05) is 11.6 Å². The van der Waals surface area contributed by atoms with Crippen LogP contribution in [0.4, 0.5) is 0 Å². The van der Waals surface area contributed by atoms with Gasteiger partial charge < -0.3 is 5.32 Å². The molecule has 17 heavy (non-hydrogen) atoms. The summed E-state index contributed by atoms with van der Waals surface area (Å²) in [4.78, 5) is 0. The van der Waals surface area contributed by atoms with Crippen LogP contribution in [0.5, 0.6) is 0 Å². The maximum Gasteiger partial charge on any atom is 0.0194 e. The Bertz CT molecular complexity index is 309. The van der Waals surface area contributed by atoms with Gasteiger partial charge >= 0.3 is 0 Å². The molecule has 0 aliphatic heterocycles. The van der Waals surface area contributed by atoms with Crippen LogP contribution in [0, 0.1) is 23.2 Å². The van der Waals surface area contributed by atoms with Crippen molar-refractivity contribution in [3.05, 3.63) is 0 Å². The van der Waals surface area contributed by atoms with E-state index in [0.29, 0.717) is 11.0 Å². The minimum Gasteiger partial charge on any atom is -0.308 e. The second kappa shape index (κ2) is 3.29. The molecule has 0 radical (unpaired) electrons. The SMILES string of the molecule is CC(C)C12CC3CC(CC(NC4CC4)(C3)C1)C2. The van der Waals surface area contributed by atoms with Crippen LogP contribution in [0.1, 0.15) is 65.2 Å². The van der Waals surface area contributed by atoms with Crippen LogP contribution in [-0.2, 0) is 0 Å². The summed E-state index contributed by atoms with van der Waals surface area (Å²) in [6, 6.07) is 0.899. The second-order valence-electron chi connectivity index (χ2n) is 8.18. The van der Waals surface area contributed by atoms with E-state index in [9.17, 15) is 0 Å². The summed E-state index contributed by atoms with van der Waals surface area (Å²) in [5, 5.41) is 4.08. The Hall–Kier alpha value is -0.0400. The third-order valence-electron chi connectivity index (χ3n) is 6.42. The van der Waals surface area contributed by atoms with E-state index < -0.39 is 0 Å². The average molecular weight is 233 g/mol. The molecule has 96 valence electrons. The Kier molecular flexibility index (Phi) is 2.10. The topological polar surface area (TPSA) is 12.0 Å². The van der Waals surface area contributed by atoms with E-state index in [0.717, 1.165) is 23.8 Å². The first kappa shape index (κ1) is 10.8. The molecule has 1 N–H and O–H groups in total. The lowest BCUT2D eigenvalue weighted by atomic mass is 9.44. The van der Waals surface area contributed by atoms with E-state index in [2.05, 4.69) is 19.2 Å². The summed E-state index contributed by atoms with van der Waals surface area (Å²) in [6.07, 6.45) is 12.1. The molecule has 4 bridgehead atoms. The molecule has 0 saturated heterocycles. The molecule has 0 spiro atoms. The highest BCUT2D eigenvalue weighted by Crippen LogP contribution is 2.64. The Morgan fingerprint density at radius 1 is 1.00 bits per heavy atom. The second-order valence-corrected chi connectivity index (χ2v) is 8.18. The Morgan fingerprint density at radius 2 is 1.65 bits per heavy atom. The molecule has 1 heteroatoms. The maximum atomic E-state index is 4.08. The van der Waals surface area contributed by atoms with E-state index in [1.165, 1.54) is 32.1 Å². The van der Waals surface area contributed by atoms with Crippen LogP contribution in [0.15, 0.2) is 0 Å². The molecule has 1 nitrogen and oxygen atoms in total. The van der Waals surface area contributed by atoms with Crippen LogP contribution in [0.25, 0.3) is 0 Å². The van der Waals surface area contributed by atoms with Gasteiger partial charge in [-0.2, -0.15) is 0 Å². The molecule has 5 rings (SSSR count). The normalized spacial score (nSPS) is 52.4. The van der Waals surface area contributed by atoms with Crippen LogP contribution in [-0.4, -0.2) is 11.6 Å². The third-order valence-corrected chi connectivity index (χ3v) is 6.42. The largest absolute Gasteiger partial charge is 0.308 e. The molecule has 5 aliphatic rings. The highest BCUT2D eigenvalue weighted by Gasteiger charge is 2.59. The third kappa shape index (κ3) is 1.61. The zero-order valence-corrected chi connectivity index (χ0v) is 11.5. The number of rotatable bonds is 3. The smallest absolute Gasteiger partial charge is 0.0194 e. The van der Waals surface area contributed by atoms with Gasteiger partial charge in [0.2, 0.25) is 0 Å². The molecule has 0 aromatic carbocycles. The van der Waals surface area contributed by atoms with Gasteiger partial charge in [-0.25, -0.2) is 0 Å². The fraction of sp³-hybridized carbons (Fsp3) is 1.00. The molecular weight excluding hydrogens is 206 g/mol. The standard InChI is InChI=1S/C16H27N/c1-11(2)15-6-12-5-13(7-15)9-16(8-12,10-15)17-14-3-4-14/h11-14,17H,3-10H2,1-2H3. The predicted molar refractivity (Wildman–Crippen MR) is 70.8 cm³/mol. The lowest BCUT2D eigenvalue weighted by molar-refractivity contribution is -0.105. The average Bonchev–Trinajstić information content (AvgIpc) is 2.98. The minimum absolute atomic E-state index is 0.579. The van der Waals surface area contributed by atoms with Gasteiger partial charge in [-0.1, -0.05) is 13.8 Å². The van der Waals surface area contributed by atoms with Crippen molar-refractivity contribution in [2.75, 3.05) is 0 Å². The Morgan fingerprint density at radius 3 is 2.18 bits per heavy atom. The molecule has 5 aliphatic carbocycles. The fourth-order valence-electron chi connectivity index (χ4n) is 5.84. The lowest BCUT2D eigenvalue weighted by Gasteiger charge is -2.64. The lowest BCUT2D eigenvalue weighted by Crippen LogP contribution is -2.63. The summed E-state index contributed by atoms with van der Waals surface area (Å²) < 4.78 is 0. The van der Waals surface area contributed by atoms with Gasteiger partial charge in [-0.15, -0.1) is 0 Å². The molecule has 0 aromatic heterocycles. The van der Waals surface area contributed by atoms with Crippen molar-refractivity contribution in [2.24, 2.45) is 23.2 Å². The summed E-state index contributed by atoms with van der Waals surface area (Å²) in [7, 11) is 0. The van der Waals surface area contributed by atoms with Crippen molar-refractivity contribution in [3.8, 4) is 0 Å². The molecule has 0 heterocycles. The van der Waals surface area contributed by atoms with Gasteiger partial charge in [-0.05, 0) is 74.5 Å². The molecule has 5 saturated carbocycles. The van der Waals surface area contributed by atoms with E-state index in [-0.39, 0.29) is 0 Å². The minimum atomic E-state index is 0.579.